The van der Waals surface area contributed by atoms with Gasteiger partial charge in [-0.2, -0.15) is 0 Å². The molecule has 0 unspecified atom stereocenters. The molecule has 0 radical (unpaired) electrons. The van der Waals surface area contributed by atoms with Gasteiger partial charge in [-0.25, -0.2) is 0 Å². The van der Waals surface area contributed by atoms with Gasteiger partial charge in [-0.3, -0.25) is 9.59 Å². The predicted octanol–water partition coefficient (Wildman–Crippen LogP) is 2.99. The van der Waals surface area contributed by atoms with Gasteiger partial charge in [-0.15, -0.1) is 0 Å². The lowest BCUT2D eigenvalue weighted by molar-refractivity contribution is -0.123. The quantitative estimate of drug-likeness (QED) is 0.890. The maximum absolute atomic E-state index is 12.5. The van der Waals surface area contributed by atoms with Crippen LogP contribution in [0.3, 0.4) is 0 Å². The lowest BCUT2D eigenvalue weighted by atomic mass is 9.84. The standard InChI is InChI=1S/C18H20N2O2/c1-18(2,12-13-6-4-3-5-7-13)17(22)20-15-10-8-14(9-11-15)16(19)21/h3-11H,12H2,1-2H3,(H2,19,21)(H,20,22). The van der Waals surface area contributed by atoms with Crippen molar-refractivity contribution in [2.24, 2.45) is 11.1 Å². The number of carbonyl (C=O) groups is 2. The van der Waals surface area contributed by atoms with E-state index in [1.165, 1.54) is 0 Å². The monoisotopic (exact) mass is 296 g/mol. The predicted molar refractivity (Wildman–Crippen MR) is 87.5 cm³/mol. The highest BCUT2D eigenvalue weighted by atomic mass is 16.2. The van der Waals surface area contributed by atoms with Gasteiger partial charge in [-0.1, -0.05) is 44.2 Å². The summed E-state index contributed by atoms with van der Waals surface area (Å²) in [6, 6.07) is 16.5. The van der Waals surface area contributed by atoms with Crippen molar-refractivity contribution in [2.45, 2.75) is 20.3 Å². The third-order valence-corrected chi connectivity index (χ3v) is 3.53. The van der Waals surface area contributed by atoms with Crippen LogP contribution in [0.1, 0.15) is 29.8 Å². The molecule has 4 heteroatoms. The van der Waals surface area contributed by atoms with E-state index in [4.69, 9.17) is 5.73 Å². The molecular formula is C18H20N2O2. The molecule has 0 bridgehead atoms. The fourth-order valence-corrected chi connectivity index (χ4v) is 2.20. The van der Waals surface area contributed by atoms with Crippen molar-refractivity contribution < 1.29 is 9.59 Å². The Hall–Kier alpha value is -2.62. The molecule has 0 aliphatic rings. The third kappa shape index (κ3) is 3.95. The van der Waals surface area contributed by atoms with Crippen LogP contribution in [0.15, 0.2) is 54.6 Å². The van der Waals surface area contributed by atoms with Crippen molar-refractivity contribution in [3.8, 4) is 0 Å². The van der Waals surface area contributed by atoms with E-state index in [2.05, 4.69) is 5.32 Å². The highest BCUT2D eigenvalue weighted by Crippen LogP contribution is 2.24. The van der Waals surface area contributed by atoms with Gasteiger partial charge in [-0.05, 0) is 36.2 Å². The van der Waals surface area contributed by atoms with Crippen molar-refractivity contribution in [1.82, 2.24) is 0 Å². The van der Waals surface area contributed by atoms with E-state index in [1.54, 1.807) is 24.3 Å². The molecule has 0 atom stereocenters. The van der Waals surface area contributed by atoms with E-state index >= 15 is 0 Å². The molecule has 114 valence electrons. The number of carbonyl (C=O) groups excluding carboxylic acids is 2. The molecule has 0 heterocycles. The first-order valence-corrected chi connectivity index (χ1v) is 7.14. The molecular weight excluding hydrogens is 276 g/mol. The summed E-state index contributed by atoms with van der Waals surface area (Å²) in [6.07, 6.45) is 0.652. The molecule has 0 aliphatic carbocycles. The first-order valence-electron chi connectivity index (χ1n) is 7.14. The number of nitrogens with one attached hydrogen (secondary N) is 1. The second-order valence-electron chi connectivity index (χ2n) is 5.94. The van der Waals surface area contributed by atoms with E-state index in [1.807, 2.05) is 44.2 Å². The molecule has 22 heavy (non-hydrogen) atoms. The minimum Gasteiger partial charge on any atom is -0.366 e. The maximum atomic E-state index is 12.5. The summed E-state index contributed by atoms with van der Waals surface area (Å²) in [4.78, 5) is 23.5. The van der Waals surface area contributed by atoms with Crippen molar-refractivity contribution >= 4 is 17.5 Å². The van der Waals surface area contributed by atoms with Crippen molar-refractivity contribution in [3.05, 3.63) is 65.7 Å². The van der Waals surface area contributed by atoms with E-state index in [-0.39, 0.29) is 5.91 Å². The molecule has 4 nitrogen and oxygen atoms in total. The SMILES string of the molecule is CC(C)(Cc1ccccc1)C(=O)Nc1ccc(C(N)=O)cc1. The van der Waals surface area contributed by atoms with Crippen LogP contribution in [0.25, 0.3) is 0 Å². The van der Waals surface area contributed by atoms with Gasteiger partial charge < -0.3 is 11.1 Å². The minimum atomic E-state index is -0.538. The molecule has 2 aromatic carbocycles. The molecule has 0 saturated carbocycles. The Balaban J connectivity index is 2.05. The van der Waals surface area contributed by atoms with Crippen molar-refractivity contribution in [3.63, 3.8) is 0 Å². The average Bonchev–Trinajstić information content (AvgIpc) is 2.48. The summed E-state index contributed by atoms with van der Waals surface area (Å²) in [5.41, 5.74) is 6.84. The first-order chi connectivity index (χ1) is 10.4. The normalized spacial score (nSPS) is 11.0. The summed E-state index contributed by atoms with van der Waals surface area (Å²) in [7, 11) is 0. The largest absolute Gasteiger partial charge is 0.366 e. The van der Waals surface area contributed by atoms with E-state index in [0.717, 1.165) is 5.56 Å². The van der Waals surface area contributed by atoms with Crippen LogP contribution in [-0.2, 0) is 11.2 Å². The van der Waals surface area contributed by atoms with Crippen LogP contribution in [0.2, 0.25) is 0 Å². The molecule has 2 aromatic rings. The van der Waals surface area contributed by atoms with Gasteiger partial charge in [0.2, 0.25) is 11.8 Å². The van der Waals surface area contributed by atoms with Gasteiger partial charge in [0.1, 0.15) is 0 Å². The first kappa shape index (κ1) is 15.8. The van der Waals surface area contributed by atoms with E-state index < -0.39 is 11.3 Å². The lowest BCUT2D eigenvalue weighted by Crippen LogP contribution is -2.32. The number of benzene rings is 2. The van der Waals surface area contributed by atoms with Crippen LogP contribution in [0, 0.1) is 5.41 Å². The van der Waals surface area contributed by atoms with Crippen LogP contribution < -0.4 is 11.1 Å². The Kier molecular flexibility index (Phi) is 4.61. The van der Waals surface area contributed by atoms with Gasteiger partial charge in [0.05, 0.1) is 0 Å². The number of nitrogens with two attached hydrogens (primary N) is 1. The minimum absolute atomic E-state index is 0.0665. The summed E-state index contributed by atoms with van der Waals surface area (Å²) in [6.45, 7) is 3.82. The maximum Gasteiger partial charge on any atom is 0.248 e. The van der Waals surface area contributed by atoms with Gasteiger partial charge in [0, 0.05) is 16.7 Å². The zero-order valence-corrected chi connectivity index (χ0v) is 12.8. The van der Waals surface area contributed by atoms with Gasteiger partial charge in [0.15, 0.2) is 0 Å². The Morgan fingerprint density at radius 2 is 1.59 bits per heavy atom. The Labute approximate surface area is 130 Å². The smallest absolute Gasteiger partial charge is 0.248 e. The van der Waals surface area contributed by atoms with Crippen LogP contribution in [0.4, 0.5) is 5.69 Å². The molecule has 0 spiro atoms. The zero-order chi connectivity index (χ0) is 16.2. The second kappa shape index (κ2) is 6.43. The molecule has 0 aliphatic heterocycles. The Morgan fingerprint density at radius 3 is 2.14 bits per heavy atom. The van der Waals surface area contributed by atoms with Crippen LogP contribution in [0.5, 0.6) is 0 Å². The molecule has 2 amide bonds. The van der Waals surface area contributed by atoms with Gasteiger partial charge >= 0.3 is 0 Å². The zero-order valence-electron chi connectivity index (χ0n) is 12.8. The molecule has 0 saturated heterocycles. The van der Waals surface area contributed by atoms with Gasteiger partial charge in [0.25, 0.3) is 0 Å². The number of primary amides is 1. The van der Waals surface area contributed by atoms with Crippen molar-refractivity contribution in [1.29, 1.82) is 0 Å². The summed E-state index contributed by atoms with van der Waals surface area (Å²) in [5, 5.41) is 2.88. The summed E-state index contributed by atoms with van der Waals surface area (Å²) >= 11 is 0. The third-order valence-electron chi connectivity index (χ3n) is 3.53. The fourth-order valence-electron chi connectivity index (χ4n) is 2.20. The summed E-state index contributed by atoms with van der Waals surface area (Å²) < 4.78 is 0. The highest BCUT2D eigenvalue weighted by Gasteiger charge is 2.27. The summed E-state index contributed by atoms with van der Waals surface area (Å²) in [5.74, 6) is -0.550. The molecule has 0 aromatic heterocycles. The Morgan fingerprint density at radius 1 is 1.00 bits per heavy atom. The topological polar surface area (TPSA) is 72.2 Å². The Bertz CT molecular complexity index is 661. The second-order valence-corrected chi connectivity index (χ2v) is 5.94. The number of hydrogen-bond acceptors (Lipinski definition) is 2. The molecule has 2 rings (SSSR count). The fraction of sp³-hybridized carbons (Fsp3) is 0.222. The molecule has 0 fully saturated rings. The number of anilines is 1. The van der Waals surface area contributed by atoms with E-state index in [0.29, 0.717) is 17.7 Å². The lowest BCUT2D eigenvalue weighted by Gasteiger charge is -2.23. The molecule has 3 N–H and O–H groups in total. The van der Waals surface area contributed by atoms with Crippen LogP contribution >= 0.6 is 0 Å². The number of rotatable bonds is 5. The number of amides is 2. The van der Waals surface area contributed by atoms with Crippen LogP contribution in [-0.4, -0.2) is 11.8 Å². The van der Waals surface area contributed by atoms with Crippen molar-refractivity contribution in [2.75, 3.05) is 5.32 Å². The van der Waals surface area contributed by atoms with E-state index in [9.17, 15) is 9.59 Å². The number of hydrogen-bond donors (Lipinski definition) is 2. The average molecular weight is 296 g/mol. The highest BCUT2D eigenvalue weighted by molar-refractivity contribution is 5.96.